The summed E-state index contributed by atoms with van der Waals surface area (Å²) in [7, 11) is 0. The Labute approximate surface area is 221 Å². The number of hydrogen-bond donors (Lipinski definition) is 0. The predicted molar refractivity (Wildman–Crippen MR) is 152 cm³/mol. The van der Waals surface area contributed by atoms with E-state index in [1.807, 2.05) is 47.7 Å². The molecule has 0 N–H and O–H groups in total. The van der Waals surface area contributed by atoms with Gasteiger partial charge >= 0.3 is 5.97 Å². The largest absolute Gasteiger partial charge is 0.494 e. The Hall–Kier alpha value is -2.59. The minimum absolute atomic E-state index is 0.346. The van der Waals surface area contributed by atoms with Crippen LogP contribution < -0.4 is 9.47 Å². The van der Waals surface area contributed by atoms with Crippen molar-refractivity contribution in [3.8, 4) is 21.9 Å². The molecule has 0 spiro atoms. The number of unbranched alkanes of at least 4 members (excludes halogenated alkanes) is 9. The molecule has 0 aliphatic rings. The molecule has 36 heavy (non-hydrogen) atoms. The van der Waals surface area contributed by atoms with Crippen molar-refractivity contribution in [2.45, 2.75) is 90.9 Å². The van der Waals surface area contributed by atoms with E-state index in [-0.39, 0.29) is 5.97 Å². The number of esters is 1. The summed E-state index contributed by atoms with van der Waals surface area (Å²) < 4.78 is 11.4. The van der Waals surface area contributed by atoms with Crippen LogP contribution in [-0.2, 0) is 6.42 Å². The Kier molecular flexibility index (Phi) is 12.6. The molecule has 0 radical (unpaired) electrons. The van der Waals surface area contributed by atoms with Crippen molar-refractivity contribution in [3.63, 3.8) is 0 Å². The fourth-order valence-electron chi connectivity index (χ4n) is 4.18. The molecule has 0 aliphatic heterocycles. The van der Waals surface area contributed by atoms with Crippen LogP contribution in [0.1, 0.15) is 99.7 Å². The van der Waals surface area contributed by atoms with Crippen LogP contribution in [0.15, 0.2) is 60.7 Å². The molecule has 1 heterocycles. The van der Waals surface area contributed by atoms with Gasteiger partial charge < -0.3 is 9.47 Å². The number of carbonyl (C=O) groups excluding carboxylic acids is 1. The molecule has 0 bridgehead atoms. The van der Waals surface area contributed by atoms with Gasteiger partial charge in [0, 0.05) is 9.75 Å². The molecule has 3 aromatic rings. The zero-order valence-corrected chi connectivity index (χ0v) is 22.9. The topological polar surface area (TPSA) is 35.5 Å². The van der Waals surface area contributed by atoms with E-state index in [4.69, 9.17) is 9.47 Å². The van der Waals surface area contributed by atoms with Crippen LogP contribution in [0, 0.1) is 0 Å². The van der Waals surface area contributed by atoms with E-state index in [0.29, 0.717) is 11.3 Å². The molecule has 4 heteroatoms. The standard InChI is InChI=1S/C32H42O3S/c1-3-5-7-9-10-12-14-30-23-24-31(36-30)26-15-17-27(18-16-26)32(33)35-29-21-19-28(20-22-29)34-25-13-11-8-6-4-2/h15-24H,3-14,25H2,1-2H3. The van der Waals surface area contributed by atoms with Gasteiger partial charge in [0.15, 0.2) is 0 Å². The Bertz CT molecular complexity index is 1000. The van der Waals surface area contributed by atoms with Gasteiger partial charge in [0.2, 0.25) is 0 Å². The third-order valence-electron chi connectivity index (χ3n) is 6.39. The van der Waals surface area contributed by atoms with Crippen molar-refractivity contribution in [3.05, 3.63) is 71.1 Å². The summed E-state index contributed by atoms with van der Waals surface area (Å²) in [6.07, 6.45) is 15.2. The molecule has 2 aromatic carbocycles. The molecular formula is C32H42O3S. The third-order valence-corrected chi connectivity index (χ3v) is 7.59. The first kappa shape index (κ1) is 28.0. The van der Waals surface area contributed by atoms with E-state index >= 15 is 0 Å². The van der Waals surface area contributed by atoms with Gasteiger partial charge in [-0.05, 0) is 73.4 Å². The van der Waals surface area contributed by atoms with Crippen LogP contribution >= 0.6 is 11.3 Å². The first-order valence-electron chi connectivity index (χ1n) is 13.8. The molecule has 3 nitrogen and oxygen atoms in total. The zero-order chi connectivity index (χ0) is 25.4. The van der Waals surface area contributed by atoms with Gasteiger partial charge in [-0.3, -0.25) is 0 Å². The summed E-state index contributed by atoms with van der Waals surface area (Å²) in [6.45, 7) is 5.20. The van der Waals surface area contributed by atoms with Gasteiger partial charge in [0.05, 0.1) is 12.2 Å². The summed E-state index contributed by atoms with van der Waals surface area (Å²) in [6, 6.07) is 19.4. The van der Waals surface area contributed by atoms with Gasteiger partial charge in [-0.2, -0.15) is 0 Å². The molecule has 0 amide bonds. The highest BCUT2D eigenvalue weighted by atomic mass is 32.1. The minimum Gasteiger partial charge on any atom is -0.494 e. The number of ether oxygens (including phenoxy) is 2. The van der Waals surface area contributed by atoms with Crippen LogP contribution in [-0.4, -0.2) is 12.6 Å². The van der Waals surface area contributed by atoms with Crippen molar-refractivity contribution in [2.75, 3.05) is 6.61 Å². The van der Waals surface area contributed by atoms with E-state index in [0.717, 1.165) is 30.8 Å². The summed E-state index contributed by atoms with van der Waals surface area (Å²) in [5.74, 6) is 0.986. The van der Waals surface area contributed by atoms with Gasteiger partial charge in [-0.1, -0.05) is 83.8 Å². The molecule has 0 aliphatic carbocycles. The van der Waals surface area contributed by atoms with Crippen LogP contribution in [0.5, 0.6) is 11.5 Å². The number of hydrogen-bond acceptors (Lipinski definition) is 4. The van der Waals surface area contributed by atoms with Crippen LogP contribution in [0.4, 0.5) is 0 Å². The minimum atomic E-state index is -0.346. The Balaban J connectivity index is 1.42. The van der Waals surface area contributed by atoms with Gasteiger partial charge in [-0.15, -0.1) is 11.3 Å². The van der Waals surface area contributed by atoms with Crippen molar-refractivity contribution in [1.29, 1.82) is 0 Å². The molecule has 0 atom stereocenters. The van der Waals surface area contributed by atoms with Crippen LogP contribution in [0.2, 0.25) is 0 Å². The lowest BCUT2D eigenvalue weighted by molar-refractivity contribution is 0.0734. The maximum Gasteiger partial charge on any atom is 0.343 e. The van der Waals surface area contributed by atoms with Gasteiger partial charge in [0.25, 0.3) is 0 Å². The molecule has 0 saturated carbocycles. The molecule has 1 aromatic heterocycles. The molecule has 0 unspecified atom stereocenters. The van der Waals surface area contributed by atoms with Crippen LogP contribution in [0.25, 0.3) is 10.4 Å². The molecular weight excluding hydrogens is 464 g/mol. The summed E-state index contributed by atoms with van der Waals surface area (Å²) in [4.78, 5) is 15.3. The second-order valence-electron chi connectivity index (χ2n) is 9.48. The molecule has 3 rings (SSSR count). The van der Waals surface area contributed by atoms with E-state index < -0.39 is 0 Å². The summed E-state index contributed by atoms with van der Waals surface area (Å²) >= 11 is 1.85. The number of carbonyl (C=O) groups is 1. The lowest BCUT2D eigenvalue weighted by atomic mass is 10.1. The fourth-order valence-corrected chi connectivity index (χ4v) is 5.24. The van der Waals surface area contributed by atoms with Crippen molar-refractivity contribution >= 4 is 17.3 Å². The van der Waals surface area contributed by atoms with E-state index in [2.05, 4.69) is 26.0 Å². The average Bonchev–Trinajstić information content (AvgIpc) is 3.38. The Morgan fingerprint density at radius 1 is 0.667 bits per heavy atom. The molecule has 194 valence electrons. The smallest absolute Gasteiger partial charge is 0.343 e. The second kappa shape index (κ2) is 16.2. The quantitative estimate of drug-likeness (QED) is 0.104. The first-order valence-corrected chi connectivity index (χ1v) is 14.7. The maximum absolute atomic E-state index is 12.6. The Morgan fingerprint density at radius 2 is 1.28 bits per heavy atom. The lowest BCUT2D eigenvalue weighted by Gasteiger charge is -2.08. The number of aryl methyl sites for hydroxylation is 1. The maximum atomic E-state index is 12.6. The second-order valence-corrected chi connectivity index (χ2v) is 10.7. The predicted octanol–water partition coefficient (Wildman–Crippen LogP) is 9.89. The van der Waals surface area contributed by atoms with Gasteiger partial charge in [-0.25, -0.2) is 4.79 Å². The molecule has 0 fully saturated rings. The number of rotatable bonds is 17. The number of thiophene rings is 1. The number of benzene rings is 2. The third kappa shape index (κ3) is 9.81. The van der Waals surface area contributed by atoms with E-state index in [9.17, 15) is 4.79 Å². The van der Waals surface area contributed by atoms with Gasteiger partial charge in [0.1, 0.15) is 11.5 Å². The van der Waals surface area contributed by atoms with Crippen molar-refractivity contribution in [1.82, 2.24) is 0 Å². The highest BCUT2D eigenvalue weighted by molar-refractivity contribution is 7.15. The Morgan fingerprint density at radius 3 is 1.97 bits per heavy atom. The highest BCUT2D eigenvalue weighted by Crippen LogP contribution is 2.29. The van der Waals surface area contributed by atoms with E-state index in [1.165, 1.54) is 74.0 Å². The SMILES string of the molecule is CCCCCCCCc1ccc(-c2ccc(C(=O)Oc3ccc(OCCCCCCC)cc3)cc2)s1. The monoisotopic (exact) mass is 506 g/mol. The molecule has 0 saturated heterocycles. The summed E-state index contributed by atoms with van der Waals surface area (Å²) in [5.41, 5.74) is 1.69. The summed E-state index contributed by atoms with van der Waals surface area (Å²) in [5, 5.41) is 0. The van der Waals surface area contributed by atoms with Crippen LogP contribution in [0.3, 0.4) is 0 Å². The van der Waals surface area contributed by atoms with Crippen molar-refractivity contribution < 1.29 is 14.3 Å². The fraction of sp³-hybridized carbons (Fsp3) is 0.469. The first-order chi connectivity index (χ1) is 17.7. The van der Waals surface area contributed by atoms with E-state index in [1.54, 1.807) is 12.1 Å². The normalized spacial score (nSPS) is 10.9. The van der Waals surface area contributed by atoms with Crippen molar-refractivity contribution in [2.24, 2.45) is 0 Å². The highest BCUT2D eigenvalue weighted by Gasteiger charge is 2.10. The lowest BCUT2D eigenvalue weighted by Crippen LogP contribution is -2.08. The zero-order valence-electron chi connectivity index (χ0n) is 22.1. The average molecular weight is 507 g/mol.